The molecular weight excluding hydrogens is 348 g/mol. The van der Waals surface area contributed by atoms with Crippen molar-refractivity contribution in [1.29, 1.82) is 0 Å². The second-order valence-corrected chi connectivity index (χ2v) is 5.99. The van der Waals surface area contributed by atoms with Gasteiger partial charge in [0.1, 0.15) is 23.0 Å². The smallest absolute Gasteiger partial charge is 0.310 e. The number of esters is 1. The minimum atomic E-state index is -0.351. The van der Waals surface area contributed by atoms with Crippen LogP contribution in [0.1, 0.15) is 34.8 Å². The van der Waals surface area contributed by atoms with Crippen LogP contribution in [0.5, 0.6) is 23.0 Å². The van der Waals surface area contributed by atoms with Crippen molar-refractivity contribution in [2.24, 2.45) is 0 Å². The largest absolute Gasteiger partial charge is 0.497 e. The average molecular weight is 368 g/mol. The van der Waals surface area contributed by atoms with Gasteiger partial charge in [-0.2, -0.15) is 0 Å². The maximum Gasteiger partial charge on any atom is 0.310 e. The Kier molecular flexibility index (Phi) is 5.16. The number of methoxy groups -OCH3 is 2. The molecule has 3 rings (SSSR count). The zero-order valence-electron chi connectivity index (χ0n) is 15.6. The van der Waals surface area contributed by atoms with Crippen LogP contribution in [-0.4, -0.2) is 26.0 Å². The molecule has 0 radical (unpaired) electrons. The van der Waals surface area contributed by atoms with E-state index in [2.05, 4.69) is 0 Å². The quantitative estimate of drug-likeness (QED) is 0.452. The Morgan fingerprint density at radius 1 is 1.11 bits per heavy atom. The van der Waals surface area contributed by atoms with Crippen molar-refractivity contribution in [3.63, 3.8) is 0 Å². The van der Waals surface area contributed by atoms with Crippen molar-refractivity contribution >= 4 is 17.8 Å². The number of ether oxygens (including phenoxy) is 4. The van der Waals surface area contributed by atoms with Crippen molar-refractivity contribution in [3.8, 4) is 23.0 Å². The van der Waals surface area contributed by atoms with E-state index in [-0.39, 0.29) is 23.9 Å². The third-order valence-electron chi connectivity index (χ3n) is 4.19. The zero-order chi connectivity index (χ0) is 19.6. The monoisotopic (exact) mass is 368 g/mol. The van der Waals surface area contributed by atoms with E-state index in [1.54, 1.807) is 64.5 Å². The van der Waals surface area contributed by atoms with Crippen molar-refractivity contribution in [2.45, 2.75) is 20.3 Å². The van der Waals surface area contributed by atoms with Gasteiger partial charge in [-0.3, -0.25) is 9.59 Å². The molecular formula is C21H20O6. The van der Waals surface area contributed by atoms with Crippen LogP contribution < -0.4 is 18.9 Å². The molecule has 0 aliphatic carbocycles. The fourth-order valence-electron chi connectivity index (χ4n) is 2.83. The number of hydrogen-bond acceptors (Lipinski definition) is 6. The van der Waals surface area contributed by atoms with Crippen LogP contribution in [-0.2, 0) is 4.79 Å². The van der Waals surface area contributed by atoms with Gasteiger partial charge < -0.3 is 18.9 Å². The molecule has 140 valence electrons. The van der Waals surface area contributed by atoms with Crippen LogP contribution in [0.2, 0.25) is 0 Å². The summed E-state index contributed by atoms with van der Waals surface area (Å²) in [6, 6.07) is 8.49. The van der Waals surface area contributed by atoms with Crippen LogP contribution in [0.15, 0.2) is 36.1 Å². The summed E-state index contributed by atoms with van der Waals surface area (Å²) in [7, 11) is 3.11. The maximum atomic E-state index is 12.8. The second-order valence-electron chi connectivity index (χ2n) is 5.99. The van der Waals surface area contributed by atoms with Crippen LogP contribution in [0.25, 0.3) is 6.08 Å². The molecule has 6 nitrogen and oxygen atoms in total. The highest BCUT2D eigenvalue weighted by molar-refractivity contribution is 6.15. The first-order valence-corrected chi connectivity index (χ1v) is 8.48. The van der Waals surface area contributed by atoms with E-state index >= 15 is 0 Å². The summed E-state index contributed by atoms with van der Waals surface area (Å²) in [6.07, 6.45) is 1.87. The fraction of sp³-hybridized carbons (Fsp3) is 0.238. The predicted octanol–water partition coefficient (Wildman–Crippen LogP) is 3.94. The topological polar surface area (TPSA) is 71.1 Å². The molecule has 0 aromatic heterocycles. The molecule has 0 saturated heterocycles. The molecule has 27 heavy (non-hydrogen) atoms. The van der Waals surface area contributed by atoms with E-state index in [0.717, 1.165) is 0 Å². The van der Waals surface area contributed by atoms with E-state index in [0.29, 0.717) is 39.7 Å². The van der Waals surface area contributed by atoms with Crippen molar-refractivity contribution in [3.05, 3.63) is 52.8 Å². The summed E-state index contributed by atoms with van der Waals surface area (Å²) in [5.41, 5.74) is 1.79. The number of carbonyl (C=O) groups is 2. The van der Waals surface area contributed by atoms with Gasteiger partial charge in [-0.05, 0) is 42.8 Å². The first-order chi connectivity index (χ1) is 13.0. The summed E-state index contributed by atoms with van der Waals surface area (Å²) in [5.74, 6) is 1.52. The predicted molar refractivity (Wildman–Crippen MR) is 99.6 cm³/mol. The SMILES string of the molecule is CCC(=O)Oc1cc(C)c2c(c1)O/C(=C\c1cc(OC)ccc1OC)C2=O. The fourth-order valence-corrected chi connectivity index (χ4v) is 2.83. The summed E-state index contributed by atoms with van der Waals surface area (Å²) >= 11 is 0. The van der Waals surface area contributed by atoms with E-state index in [9.17, 15) is 9.59 Å². The summed E-state index contributed by atoms with van der Waals surface area (Å²) in [6.45, 7) is 3.49. The number of Topliss-reactive ketones (excluding diaryl/α,β-unsaturated/α-hetero) is 1. The number of ketones is 1. The Bertz CT molecular complexity index is 942. The lowest BCUT2D eigenvalue weighted by molar-refractivity contribution is -0.134. The molecule has 1 heterocycles. The Morgan fingerprint density at radius 2 is 1.89 bits per heavy atom. The number of rotatable bonds is 5. The number of hydrogen-bond donors (Lipinski definition) is 0. The highest BCUT2D eigenvalue weighted by Gasteiger charge is 2.30. The van der Waals surface area contributed by atoms with Gasteiger partial charge in [0, 0.05) is 18.1 Å². The van der Waals surface area contributed by atoms with Gasteiger partial charge in [0.25, 0.3) is 0 Å². The van der Waals surface area contributed by atoms with Crippen molar-refractivity contribution < 1.29 is 28.5 Å². The molecule has 1 aliphatic rings. The Morgan fingerprint density at radius 3 is 2.56 bits per heavy atom. The van der Waals surface area contributed by atoms with Gasteiger partial charge >= 0.3 is 5.97 Å². The van der Waals surface area contributed by atoms with E-state index in [1.807, 2.05) is 0 Å². The third-order valence-corrected chi connectivity index (χ3v) is 4.19. The average Bonchev–Trinajstić information content (AvgIpc) is 2.97. The van der Waals surface area contributed by atoms with Crippen LogP contribution >= 0.6 is 0 Å². The van der Waals surface area contributed by atoms with Gasteiger partial charge in [-0.15, -0.1) is 0 Å². The van der Waals surface area contributed by atoms with Crippen molar-refractivity contribution in [2.75, 3.05) is 14.2 Å². The molecule has 0 saturated carbocycles. The lowest BCUT2D eigenvalue weighted by Gasteiger charge is -2.08. The zero-order valence-corrected chi connectivity index (χ0v) is 15.6. The Labute approximate surface area is 157 Å². The molecule has 0 spiro atoms. The highest BCUT2D eigenvalue weighted by Crippen LogP contribution is 2.38. The molecule has 0 N–H and O–H groups in total. The Balaban J connectivity index is 1.98. The second kappa shape index (κ2) is 7.53. The standard InChI is InChI=1S/C21H20O6/c1-5-19(22)26-15-8-12(2)20-17(11-15)27-18(21(20)23)10-13-9-14(24-3)6-7-16(13)25-4/h6-11H,5H2,1-4H3/b18-10-. The van der Waals surface area contributed by atoms with Gasteiger partial charge in [0.15, 0.2) is 5.76 Å². The van der Waals surface area contributed by atoms with E-state index in [4.69, 9.17) is 18.9 Å². The number of aryl methyl sites for hydroxylation is 1. The summed E-state index contributed by atoms with van der Waals surface area (Å²) < 4.78 is 21.6. The molecule has 6 heteroatoms. The molecule has 0 atom stereocenters. The third kappa shape index (κ3) is 3.65. The molecule has 0 unspecified atom stereocenters. The Hall–Kier alpha value is -3.28. The number of benzene rings is 2. The molecule has 1 aliphatic heterocycles. The van der Waals surface area contributed by atoms with Crippen LogP contribution in [0.3, 0.4) is 0 Å². The lowest BCUT2D eigenvalue weighted by Crippen LogP contribution is -2.06. The minimum absolute atomic E-state index is 0.165. The summed E-state index contributed by atoms with van der Waals surface area (Å²) in [4.78, 5) is 24.3. The van der Waals surface area contributed by atoms with E-state index in [1.165, 1.54) is 0 Å². The lowest BCUT2D eigenvalue weighted by atomic mass is 10.0. The first-order valence-electron chi connectivity index (χ1n) is 8.48. The van der Waals surface area contributed by atoms with E-state index < -0.39 is 0 Å². The van der Waals surface area contributed by atoms with Crippen LogP contribution in [0.4, 0.5) is 0 Å². The van der Waals surface area contributed by atoms with Gasteiger partial charge in [0.2, 0.25) is 5.78 Å². The minimum Gasteiger partial charge on any atom is -0.497 e. The molecule has 2 aromatic carbocycles. The van der Waals surface area contributed by atoms with Crippen LogP contribution in [0, 0.1) is 6.92 Å². The normalized spacial score (nSPS) is 13.9. The van der Waals surface area contributed by atoms with Crippen molar-refractivity contribution in [1.82, 2.24) is 0 Å². The van der Waals surface area contributed by atoms with Gasteiger partial charge in [-0.1, -0.05) is 6.92 Å². The molecule has 0 amide bonds. The number of carbonyl (C=O) groups excluding carboxylic acids is 2. The van der Waals surface area contributed by atoms with Gasteiger partial charge in [-0.25, -0.2) is 0 Å². The maximum absolute atomic E-state index is 12.8. The molecule has 0 fully saturated rings. The number of fused-ring (bicyclic) bond motifs is 1. The summed E-state index contributed by atoms with van der Waals surface area (Å²) in [5, 5.41) is 0. The highest BCUT2D eigenvalue weighted by atomic mass is 16.5. The number of allylic oxidation sites excluding steroid dienone is 1. The van der Waals surface area contributed by atoms with Gasteiger partial charge in [0.05, 0.1) is 19.8 Å². The first kappa shape index (κ1) is 18.5. The molecule has 0 bridgehead atoms. The molecule has 2 aromatic rings.